The Bertz CT molecular complexity index is 210. The number of hydrogen-bond acceptors (Lipinski definition) is 2. The Labute approximate surface area is 84.0 Å². The maximum Gasteiger partial charge on any atom is 0.319 e. The van der Waals surface area contributed by atoms with E-state index in [1.807, 2.05) is 14.1 Å². The fraction of sp³-hybridized carbons (Fsp3) is 0.778. The molecule has 2 heterocycles. The van der Waals surface area contributed by atoms with Gasteiger partial charge in [-0.3, -0.25) is 4.79 Å². The van der Waals surface area contributed by atoms with Crippen LogP contribution in [0.5, 0.6) is 0 Å². The summed E-state index contributed by atoms with van der Waals surface area (Å²) >= 11 is 0. The van der Waals surface area contributed by atoms with E-state index in [9.17, 15) is 9.59 Å². The van der Waals surface area contributed by atoms with Gasteiger partial charge in [-0.1, -0.05) is 0 Å². The Hall–Kier alpha value is -1.26. The lowest BCUT2D eigenvalue weighted by atomic mass is 10.4. The second-order valence-electron chi connectivity index (χ2n) is 3.58. The second kappa shape index (κ2) is 4.83. The van der Waals surface area contributed by atoms with E-state index in [1.165, 1.54) is 0 Å². The van der Waals surface area contributed by atoms with Crippen molar-refractivity contribution in [2.24, 2.45) is 0 Å². The molecule has 2 fully saturated rings. The van der Waals surface area contributed by atoms with Crippen molar-refractivity contribution in [1.82, 2.24) is 15.1 Å². The van der Waals surface area contributed by atoms with Gasteiger partial charge in [-0.2, -0.15) is 0 Å². The number of nitrogens with one attached hydrogen (secondary N) is 1. The Kier molecular flexibility index (Phi) is 3.73. The van der Waals surface area contributed by atoms with Crippen LogP contribution in [-0.4, -0.2) is 55.5 Å². The minimum Gasteiger partial charge on any atom is -0.356 e. The van der Waals surface area contributed by atoms with Gasteiger partial charge in [-0.05, 0) is 6.42 Å². The van der Waals surface area contributed by atoms with Gasteiger partial charge in [-0.15, -0.1) is 0 Å². The van der Waals surface area contributed by atoms with Gasteiger partial charge < -0.3 is 15.1 Å². The van der Waals surface area contributed by atoms with Crippen molar-refractivity contribution in [2.75, 3.05) is 33.7 Å². The summed E-state index contributed by atoms with van der Waals surface area (Å²) in [4.78, 5) is 24.3. The Morgan fingerprint density at radius 2 is 1.71 bits per heavy atom. The lowest BCUT2D eigenvalue weighted by Gasteiger charge is -2.07. The molecule has 0 atom stereocenters. The molecule has 0 spiro atoms. The van der Waals surface area contributed by atoms with E-state index in [2.05, 4.69) is 5.32 Å². The van der Waals surface area contributed by atoms with Crippen LogP contribution in [0.2, 0.25) is 0 Å². The number of hydrogen-bond donors (Lipinski definition) is 1. The van der Waals surface area contributed by atoms with Crippen LogP contribution in [0.4, 0.5) is 4.79 Å². The molecule has 0 aromatic rings. The number of amides is 3. The van der Waals surface area contributed by atoms with E-state index >= 15 is 0 Å². The number of nitrogens with zero attached hydrogens (tertiary/aromatic N) is 2. The van der Waals surface area contributed by atoms with Crippen LogP contribution >= 0.6 is 0 Å². The average molecular weight is 199 g/mol. The molecular formula is C9H17N3O2. The Balaban J connectivity index is 0.000000146. The van der Waals surface area contributed by atoms with Gasteiger partial charge in [0.05, 0.1) is 0 Å². The molecule has 2 aliphatic rings. The first-order valence-electron chi connectivity index (χ1n) is 4.84. The number of urea groups is 1. The lowest BCUT2D eigenvalue weighted by Crippen LogP contribution is -2.25. The van der Waals surface area contributed by atoms with E-state index in [4.69, 9.17) is 0 Å². The molecule has 0 aliphatic carbocycles. The molecule has 0 aromatic heterocycles. The summed E-state index contributed by atoms with van der Waals surface area (Å²) in [7, 11) is 3.62. The quantitative estimate of drug-likeness (QED) is 0.591. The van der Waals surface area contributed by atoms with E-state index in [-0.39, 0.29) is 11.9 Å². The third kappa shape index (κ3) is 2.90. The van der Waals surface area contributed by atoms with Crippen molar-refractivity contribution in [3.8, 4) is 0 Å². The predicted octanol–water partition coefficient (Wildman–Crippen LogP) is -0.120. The average Bonchev–Trinajstić information content (AvgIpc) is 2.73. The minimum absolute atomic E-state index is 0.130. The SMILES string of the molecule is CN1CCN(C)C1=O.O=C1CCCN1. The van der Waals surface area contributed by atoms with Crippen LogP contribution in [0.25, 0.3) is 0 Å². The molecule has 0 unspecified atom stereocenters. The van der Waals surface area contributed by atoms with Crippen LogP contribution in [0.1, 0.15) is 12.8 Å². The molecule has 0 radical (unpaired) electrons. The summed E-state index contributed by atoms with van der Waals surface area (Å²) in [6.07, 6.45) is 1.76. The molecular weight excluding hydrogens is 182 g/mol. The Morgan fingerprint density at radius 1 is 1.14 bits per heavy atom. The molecule has 2 rings (SSSR count). The summed E-state index contributed by atoms with van der Waals surface area (Å²) in [5, 5.41) is 2.68. The molecule has 0 bridgehead atoms. The Morgan fingerprint density at radius 3 is 1.86 bits per heavy atom. The fourth-order valence-electron chi connectivity index (χ4n) is 1.35. The third-order valence-electron chi connectivity index (χ3n) is 2.33. The normalized spacial score (nSPS) is 20.7. The highest BCUT2D eigenvalue weighted by atomic mass is 16.2. The topological polar surface area (TPSA) is 52.7 Å². The van der Waals surface area contributed by atoms with Crippen LogP contribution in [0.15, 0.2) is 0 Å². The summed E-state index contributed by atoms with van der Waals surface area (Å²) in [5.41, 5.74) is 0. The van der Waals surface area contributed by atoms with Gasteiger partial charge in [0.2, 0.25) is 5.91 Å². The van der Waals surface area contributed by atoms with Crippen LogP contribution < -0.4 is 5.32 Å². The second-order valence-corrected chi connectivity index (χ2v) is 3.58. The van der Waals surface area contributed by atoms with Crippen molar-refractivity contribution < 1.29 is 9.59 Å². The first-order chi connectivity index (χ1) is 6.61. The van der Waals surface area contributed by atoms with Crippen molar-refractivity contribution >= 4 is 11.9 Å². The van der Waals surface area contributed by atoms with E-state index < -0.39 is 0 Å². The molecule has 2 aliphatic heterocycles. The number of likely N-dealkylation sites (N-methyl/N-ethyl adjacent to an activating group) is 2. The highest BCUT2D eigenvalue weighted by Crippen LogP contribution is 2.00. The molecule has 2 saturated heterocycles. The molecule has 1 N–H and O–H groups in total. The molecule has 5 heteroatoms. The van der Waals surface area contributed by atoms with E-state index in [0.717, 1.165) is 32.5 Å². The van der Waals surface area contributed by atoms with Crippen LogP contribution in [0, 0.1) is 0 Å². The molecule has 80 valence electrons. The number of rotatable bonds is 0. The van der Waals surface area contributed by atoms with Crippen molar-refractivity contribution in [3.63, 3.8) is 0 Å². The largest absolute Gasteiger partial charge is 0.356 e. The molecule has 14 heavy (non-hydrogen) atoms. The fourth-order valence-corrected chi connectivity index (χ4v) is 1.35. The van der Waals surface area contributed by atoms with Gasteiger partial charge in [0.1, 0.15) is 0 Å². The van der Waals surface area contributed by atoms with Gasteiger partial charge in [0.25, 0.3) is 0 Å². The minimum atomic E-state index is 0.130. The maximum atomic E-state index is 10.8. The van der Waals surface area contributed by atoms with Gasteiger partial charge in [0, 0.05) is 40.2 Å². The zero-order valence-electron chi connectivity index (χ0n) is 8.75. The lowest BCUT2D eigenvalue weighted by molar-refractivity contribution is -0.119. The summed E-state index contributed by atoms with van der Waals surface area (Å²) in [6.45, 7) is 2.63. The number of carbonyl (C=O) groups excluding carboxylic acids is 2. The van der Waals surface area contributed by atoms with Crippen molar-refractivity contribution in [2.45, 2.75) is 12.8 Å². The van der Waals surface area contributed by atoms with Crippen LogP contribution in [0.3, 0.4) is 0 Å². The predicted molar refractivity (Wildman–Crippen MR) is 52.9 cm³/mol. The maximum absolute atomic E-state index is 10.8. The smallest absolute Gasteiger partial charge is 0.319 e. The first-order valence-corrected chi connectivity index (χ1v) is 4.84. The van der Waals surface area contributed by atoms with Gasteiger partial charge in [-0.25, -0.2) is 4.79 Å². The number of carbonyl (C=O) groups is 2. The van der Waals surface area contributed by atoms with Gasteiger partial charge in [0.15, 0.2) is 0 Å². The zero-order valence-corrected chi connectivity index (χ0v) is 8.75. The summed E-state index contributed by atoms with van der Waals surface area (Å²) < 4.78 is 0. The summed E-state index contributed by atoms with van der Waals surface area (Å²) in [6, 6.07) is 0.130. The molecule has 5 nitrogen and oxygen atoms in total. The molecule has 3 amide bonds. The zero-order chi connectivity index (χ0) is 10.6. The molecule has 0 saturated carbocycles. The van der Waals surface area contributed by atoms with Crippen molar-refractivity contribution in [1.29, 1.82) is 0 Å². The summed E-state index contributed by atoms with van der Waals surface area (Å²) in [5.74, 6) is 0.204. The van der Waals surface area contributed by atoms with Crippen molar-refractivity contribution in [3.05, 3.63) is 0 Å². The standard InChI is InChI=1S/C5H10N2O.C4H7NO/c1-6-3-4-7(2)5(6)8;6-4-2-1-3-5-4/h3-4H2,1-2H3;1-3H2,(H,5,6). The monoisotopic (exact) mass is 199 g/mol. The highest BCUT2D eigenvalue weighted by Gasteiger charge is 2.20. The molecule has 0 aromatic carbocycles. The van der Waals surface area contributed by atoms with Gasteiger partial charge >= 0.3 is 6.03 Å². The van der Waals surface area contributed by atoms with Crippen LogP contribution in [-0.2, 0) is 4.79 Å². The van der Waals surface area contributed by atoms with E-state index in [1.54, 1.807) is 9.80 Å². The third-order valence-corrected chi connectivity index (χ3v) is 2.33. The highest BCUT2D eigenvalue weighted by molar-refractivity contribution is 5.77. The first kappa shape index (κ1) is 10.8. The van der Waals surface area contributed by atoms with E-state index in [0.29, 0.717) is 0 Å².